The van der Waals surface area contributed by atoms with Crippen LogP contribution in [0.3, 0.4) is 0 Å². The molecule has 5 heteroatoms. The zero-order valence-electron chi connectivity index (χ0n) is 11.4. The van der Waals surface area contributed by atoms with E-state index in [1.165, 1.54) is 19.3 Å². The standard InChI is InChI=1S/C14H19N3OS/c1-3-14(2)4-6-16(7-5-14)12-11(10-18)17-8-9-19-13(17)15-12/h8-10H,3-7H2,1-2H3. The second kappa shape index (κ2) is 4.63. The number of imidazole rings is 1. The summed E-state index contributed by atoms with van der Waals surface area (Å²) in [5.74, 6) is 0.861. The minimum Gasteiger partial charge on any atom is -0.355 e. The molecule has 2 aromatic rings. The van der Waals surface area contributed by atoms with Gasteiger partial charge in [0, 0.05) is 24.7 Å². The topological polar surface area (TPSA) is 37.6 Å². The van der Waals surface area contributed by atoms with E-state index >= 15 is 0 Å². The van der Waals surface area contributed by atoms with Crippen molar-refractivity contribution in [3.05, 3.63) is 17.3 Å². The van der Waals surface area contributed by atoms with E-state index in [1.807, 2.05) is 16.0 Å². The maximum Gasteiger partial charge on any atom is 0.196 e. The molecule has 1 saturated heterocycles. The summed E-state index contributed by atoms with van der Waals surface area (Å²) in [6.07, 6.45) is 6.41. The molecule has 3 heterocycles. The van der Waals surface area contributed by atoms with E-state index < -0.39 is 0 Å². The summed E-state index contributed by atoms with van der Waals surface area (Å²) in [7, 11) is 0. The smallest absolute Gasteiger partial charge is 0.196 e. The minimum atomic E-state index is 0.453. The van der Waals surface area contributed by atoms with Gasteiger partial charge >= 0.3 is 0 Å². The van der Waals surface area contributed by atoms with Gasteiger partial charge in [0.25, 0.3) is 0 Å². The highest BCUT2D eigenvalue weighted by molar-refractivity contribution is 7.15. The van der Waals surface area contributed by atoms with E-state index in [0.29, 0.717) is 11.1 Å². The average molecular weight is 277 g/mol. The van der Waals surface area contributed by atoms with E-state index in [1.54, 1.807) is 11.3 Å². The van der Waals surface area contributed by atoms with E-state index in [4.69, 9.17) is 0 Å². The lowest BCUT2D eigenvalue weighted by molar-refractivity contribution is 0.111. The number of hydrogen-bond acceptors (Lipinski definition) is 4. The molecule has 2 aromatic heterocycles. The van der Waals surface area contributed by atoms with Gasteiger partial charge in [0.15, 0.2) is 17.1 Å². The van der Waals surface area contributed by atoms with Crippen LogP contribution in [0.25, 0.3) is 4.96 Å². The SMILES string of the molecule is CCC1(C)CCN(c2nc3sccn3c2C=O)CC1. The third-order valence-corrected chi connectivity index (χ3v) is 5.27. The maximum absolute atomic E-state index is 11.3. The van der Waals surface area contributed by atoms with Crippen molar-refractivity contribution in [3.63, 3.8) is 0 Å². The Kier molecular flexibility index (Phi) is 3.09. The molecule has 0 spiro atoms. The van der Waals surface area contributed by atoms with Crippen molar-refractivity contribution in [1.82, 2.24) is 9.38 Å². The highest BCUT2D eigenvalue weighted by atomic mass is 32.1. The number of anilines is 1. The van der Waals surface area contributed by atoms with Crippen LogP contribution in [0.15, 0.2) is 11.6 Å². The molecular weight excluding hydrogens is 258 g/mol. The highest BCUT2D eigenvalue weighted by Gasteiger charge is 2.30. The third-order valence-electron chi connectivity index (χ3n) is 4.51. The molecule has 0 saturated carbocycles. The Morgan fingerprint density at radius 1 is 1.47 bits per heavy atom. The Balaban J connectivity index is 1.89. The predicted octanol–water partition coefficient (Wildman–Crippen LogP) is 3.22. The first-order valence-electron chi connectivity index (χ1n) is 6.82. The maximum atomic E-state index is 11.3. The van der Waals surface area contributed by atoms with Gasteiger partial charge < -0.3 is 4.90 Å². The number of piperidine rings is 1. The normalized spacial score (nSPS) is 18.9. The van der Waals surface area contributed by atoms with Crippen molar-refractivity contribution in [1.29, 1.82) is 0 Å². The van der Waals surface area contributed by atoms with Gasteiger partial charge in [0.05, 0.1) is 0 Å². The molecule has 19 heavy (non-hydrogen) atoms. The highest BCUT2D eigenvalue weighted by Crippen LogP contribution is 2.36. The van der Waals surface area contributed by atoms with Gasteiger partial charge in [0.2, 0.25) is 0 Å². The van der Waals surface area contributed by atoms with Gasteiger partial charge in [-0.2, -0.15) is 0 Å². The van der Waals surface area contributed by atoms with Gasteiger partial charge in [-0.25, -0.2) is 4.98 Å². The number of aldehydes is 1. The molecule has 0 N–H and O–H groups in total. The Hall–Kier alpha value is -1.36. The van der Waals surface area contributed by atoms with Gasteiger partial charge in [-0.1, -0.05) is 20.3 Å². The number of carbonyl (C=O) groups excluding carboxylic acids is 1. The van der Waals surface area contributed by atoms with Crippen molar-refractivity contribution in [2.75, 3.05) is 18.0 Å². The molecule has 102 valence electrons. The van der Waals surface area contributed by atoms with Crippen LogP contribution in [0.4, 0.5) is 5.82 Å². The molecule has 0 unspecified atom stereocenters. The van der Waals surface area contributed by atoms with E-state index in [2.05, 4.69) is 23.7 Å². The van der Waals surface area contributed by atoms with Crippen LogP contribution in [-0.2, 0) is 0 Å². The minimum absolute atomic E-state index is 0.453. The molecule has 0 amide bonds. The van der Waals surface area contributed by atoms with Crippen molar-refractivity contribution in [2.45, 2.75) is 33.1 Å². The average Bonchev–Trinajstić information content (AvgIpc) is 2.99. The number of nitrogens with zero attached hydrogens (tertiary/aromatic N) is 3. The number of hydrogen-bond donors (Lipinski definition) is 0. The van der Waals surface area contributed by atoms with Crippen LogP contribution >= 0.6 is 11.3 Å². The van der Waals surface area contributed by atoms with Crippen LogP contribution in [0.2, 0.25) is 0 Å². The lowest BCUT2D eigenvalue weighted by Gasteiger charge is -2.39. The quantitative estimate of drug-likeness (QED) is 0.808. The fourth-order valence-electron chi connectivity index (χ4n) is 2.75. The number of carbonyl (C=O) groups is 1. The van der Waals surface area contributed by atoms with Crippen molar-refractivity contribution in [2.24, 2.45) is 5.41 Å². The fourth-order valence-corrected chi connectivity index (χ4v) is 3.46. The van der Waals surface area contributed by atoms with Crippen LogP contribution in [0, 0.1) is 5.41 Å². The Morgan fingerprint density at radius 3 is 2.84 bits per heavy atom. The molecule has 1 aliphatic rings. The van der Waals surface area contributed by atoms with Crippen molar-refractivity contribution in [3.8, 4) is 0 Å². The third kappa shape index (κ3) is 2.06. The van der Waals surface area contributed by atoms with Gasteiger partial charge in [-0.05, 0) is 18.3 Å². The van der Waals surface area contributed by atoms with Crippen molar-refractivity contribution >= 4 is 28.4 Å². The molecule has 0 aliphatic carbocycles. The molecule has 1 aliphatic heterocycles. The van der Waals surface area contributed by atoms with E-state index in [9.17, 15) is 4.79 Å². The second-order valence-electron chi connectivity index (χ2n) is 5.65. The molecule has 0 bridgehead atoms. The second-order valence-corrected chi connectivity index (χ2v) is 6.52. The molecule has 0 atom stereocenters. The lowest BCUT2D eigenvalue weighted by Crippen LogP contribution is -2.39. The summed E-state index contributed by atoms with van der Waals surface area (Å²) in [6.45, 7) is 6.61. The molecular formula is C14H19N3OS. The summed E-state index contributed by atoms with van der Waals surface area (Å²) >= 11 is 1.57. The number of rotatable bonds is 3. The zero-order valence-corrected chi connectivity index (χ0v) is 12.2. The van der Waals surface area contributed by atoms with E-state index in [0.717, 1.165) is 30.2 Å². The van der Waals surface area contributed by atoms with Crippen LogP contribution in [-0.4, -0.2) is 28.8 Å². The largest absolute Gasteiger partial charge is 0.355 e. The first-order chi connectivity index (χ1) is 9.17. The van der Waals surface area contributed by atoms with Gasteiger partial charge in [-0.3, -0.25) is 9.20 Å². The van der Waals surface area contributed by atoms with Crippen molar-refractivity contribution < 1.29 is 4.79 Å². The Bertz CT molecular complexity index is 593. The molecule has 0 aromatic carbocycles. The summed E-state index contributed by atoms with van der Waals surface area (Å²) in [5.41, 5.74) is 1.14. The first kappa shape index (κ1) is 12.7. The van der Waals surface area contributed by atoms with Crippen LogP contribution < -0.4 is 4.90 Å². The number of fused-ring (bicyclic) bond motifs is 1. The molecule has 4 nitrogen and oxygen atoms in total. The fraction of sp³-hybridized carbons (Fsp3) is 0.571. The van der Waals surface area contributed by atoms with Gasteiger partial charge in [0.1, 0.15) is 5.69 Å². The first-order valence-corrected chi connectivity index (χ1v) is 7.70. The molecule has 1 fully saturated rings. The Morgan fingerprint density at radius 2 is 2.21 bits per heavy atom. The molecule has 3 rings (SSSR count). The monoisotopic (exact) mass is 277 g/mol. The lowest BCUT2D eigenvalue weighted by atomic mass is 9.78. The van der Waals surface area contributed by atoms with Gasteiger partial charge in [-0.15, -0.1) is 11.3 Å². The zero-order chi connectivity index (χ0) is 13.5. The summed E-state index contributed by atoms with van der Waals surface area (Å²) < 4.78 is 1.89. The molecule has 0 radical (unpaired) electrons. The van der Waals surface area contributed by atoms with Crippen LogP contribution in [0.5, 0.6) is 0 Å². The predicted molar refractivity (Wildman–Crippen MR) is 78.3 cm³/mol. The van der Waals surface area contributed by atoms with E-state index in [-0.39, 0.29) is 0 Å². The summed E-state index contributed by atoms with van der Waals surface area (Å²) in [5, 5.41) is 1.96. The summed E-state index contributed by atoms with van der Waals surface area (Å²) in [6, 6.07) is 0. The number of thiazole rings is 1. The van der Waals surface area contributed by atoms with Crippen LogP contribution in [0.1, 0.15) is 43.6 Å². The number of aromatic nitrogens is 2. The summed E-state index contributed by atoms with van der Waals surface area (Å²) in [4.78, 5) is 19.1. The Labute approximate surface area is 117 Å².